The molecule has 2 amide bonds. The van der Waals surface area contributed by atoms with E-state index in [4.69, 9.17) is 5.26 Å². The number of sulfonamides is 1. The first-order valence-corrected chi connectivity index (χ1v) is 14.1. The fourth-order valence-corrected chi connectivity index (χ4v) is 5.76. The second kappa shape index (κ2) is 11.1. The van der Waals surface area contributed by atoms with Crippen molar-refractivity contribution in [3.63, 3.8) is 0 Å². The molecule has 0 spiro atoms. The second-order valence-corrected chi connectivity index (χ2v) is 12.4. The molecular formula is C27H31N7O5S. The van der Waals surface area contributed by atoms with Gasteiger partial charge in [0.2, 0.25) is 11.8 Å². The molecule has 3 N–H and O–H groups in total. The smallest absolute Gasteiger partial charge is 0.261 e. The minimum absolute atomic E-state index is 0.0106. The summed E-state index contributed by atoms with van der Waals surface area (Å²) < 4.78 is 29.7. The normalized spacial score (nSPS) is 18.1. The van der Waals surface area contributed by atoms with E-state index in [-0.39, 0.29) is 29.7 Å². The zero-order valence-electron chi connectivity index (χ0n) is 22.6. The van der Waals surface area contributed by atoms with Crippen LogP contribution in [-0.2, 0) is 19.6 Å². The van der Waals surface area contributed by atoms with Crippen molar-refractivity contribution in [3.8, 4) is 17.3 Å². The number of nitriles is 1. The van der Waals surface area contributed by atoms with E-state index in [2.05, 4.69) is 20.4 Å². The molecule has 1 aliphatic rings. The van der Waals surface area contributed by atoms with Crippen LogP contribution in [0.1, 0.15) is 38.8 Å². The predicted octanol–water partition coefficient (Wildman–Crippen LogP) is 1.91. The van der Waals surface area contributed by atoms with Gasteiger partial charge in [0.25, 0.3) is 10.0 Å². The van der Waals surface area contributed by atoms with E-state index in [1.807, 2.05) is 26.8 Å². The number of amides is 2. The van der Waals surface area contributed by atoms with Crippen molar-refractivity contribution in [3.05, 3.63) is 60.3 Å². The van der Waals surface area contributed by atoms with Crippen molar-refractivity contribution < 1.29 is 23.1 Å². The Labute approximate surface area is 232 Å². The molecule has 4 rings (SSSR count). The standard InChI is InChI=1S/C27H31N7O5S/c1-27(2,3)24(26(37)33-15-20(35)13-23(33)25(36)29-4)34-16-22(30-32-34)18-6-5-7-19(12-18)31-40(38,39)21-10-8-17(14-28)9-11-21/h5-12,16,20,23-24,31,35H,13,15H2,1-4H3,(H,29,36)/t20-,23+,24-/m1/s1. The van der Waals surface area contributed by atoms with Crippen LogP contribution in [-0.4, -0.2) is 71.0 Å². The Bertz CT molecular complexity index is 1550. The molecule has 2 heterocycles. The Morgan fingerprint density at radius 3 is 2.50 bits per heavy atom. The third kappa shape index (κ3) is 5.98. The number of carbonyl (C=O) groups excluding carboxylic acids is 2. The average Bonchev–Trinajstić information content (AvgIpc) is 3.54. The zero-order valence-corrected chi connectivity index (χ0v) is 23.4. The Balaban J connectivity index is 1.60. The quantitative estimate of drug-likeness (QED) is 0.390. The second-order valence-electron chi connectivity index (χ2n) is 10.7. The summed E-state index contributed by atoms with van der Waals surface area (Å²) in [7, 11) is -2.42. The fraction of sp³-hybridized carbons (Fsp3) is 0.370. The molecule has 1 aromatic heterocycles. The molecule has 210 valence electrons. The first-order valence-electron chi connectivity index (χ1n) is 12.6. The lowest BCUT2D eigenvalue weighted by Gasteiger charge is -2.34. The van der Waals surface area contributed by atoms with Gasteiger partial charge < -0.3 is 15.3 Å². The fourth-order valence-electron chi connectivity index (χ4n) is 4.71. The van der Waals surface area contributed by atoms with Crippen molar-refractivity contribution in [1.29, 1.82) is 5.26 Å². The van der Waals surface area contributed by atoms with Crippen LogP contribution < -0.4 is 10.0 Å². The van der Waals surface area contributed by atoms with Crippen LogP contribution in [0.25, 0.3) is 11.3 Å². The van der Waals surface area contributed by atoms with Gasteiger partial charge in [0.1, 0.15) is 17.8 Å². The molecule has 0 saturated carbocycles. The predicted molar refractivity (Wildman–Crippen MR) is 146 cm³/mol. The molecule has 40 heavy (non-hydrogen) atoms. The molecule has 12 nitrogen and oxygen atoms in total. The highest BCUT2D eigenvalue weighted by molar-refractivity contribution is 7.92. The highest BCUT2D eigenvalue weighted by atomic mass is 32.2. The maximum Gasteiger partial charge on any atom is 0.261 e. The Hall–Kier alpha value is -4.28. The summed E-state index contributed by atoms with van der Waals surface area (Å²) in [6.07, 6.45) is 0.938. The van der Waals surface area contributed by atoms with Crippen LogP contribution in [0.4, 0.5) is 5.69 Å². The van der Waals surface area contributed by atoms with Crippen molar-refractivity contribution in [2.75, 3.05) is 18.3 Å². The summed E-state index contributed by atoms with van der Waals surface area (Å²) in [5, 5.41) is 30.2. The number of hydrogen-bond donors (Lipinski definition) is 3. The highest BCUT2D eigenvalue weighted by Crippen LogP contribution is 2.35. The van der Waals surface area contributed by atoms with Crippen LogP contribution in [0.2, 0.25) is 0 Å². The van der Waals surface area contributed by atoms with Crippen LogP contribution >= 0.6 is 0 Å². The van der Waals surface area contributed by atoms with E-state index >= 15 is 0 Å². The number of hydrogen-bond acceptors (Lipinski definition) is 8. The van der Waals surface area contributed by atoms with Crippen molar-refractivity contribution in [1.82, 2.24) is 25.2 Å². The lowest BCUT2D eigenvalue weighted by molar-refractivity contribution is -0.144. The van der Waals surface area contributed by atoms with Crippen molar-refractivity contribution in [2.45, 2.75) is 50.3 Å². The van der Waals surface area contributed by atoms with Crippen LogP contribution in [0.15, 0.2) is 59.6 Å². The lowest BCUT2D eigenvalue weighted by Crippen LogP contribution is -2.49. The number of benzene rings is 2. The number of nitrogens with zero attached hydrogens (tertiary/aromatic N) is 5. The number of rotatable bonds is 7. The molecule has 13 heteroatoms. The monoisotopic (exact) mass is 565 g/mol. The molecule has 0 radical (unpaired) electrons. The van der Waals surface area contributed by atoms with Gasteiger partial charge in [-0.1, -0.05) is 38.1 Å². The van der Waals surface area contributed by atoms with Gasteiger partial charge in [-0.05, 0) is 41.8 Å². The number of aromatic nitrogens is 3. The van der Waals surface area contributed by atoms with E-state index in [0.717, 1.165) is 0 Å². The maximum absolute atomic E-state index is 13.8. The van der Waals surface area contributed by atoms with Gasteiger partial charge >= 0.3 is 0 Å². The third-order valence-electron chi connectivity index (χ3n) is 6.64. The van der Waals surface area contributed by atoms with Crippen molar-refractivity contribution >= 4 is 27.5 Å². The number of aliphatic hydroxyl groups excluding tert-OH is 1. The van der Waals surface area contributed by atoms with E-state index in [9.17, 15) is 23.1 Å². The first kappa shape index (κ1) is 28.7. The van der Waals surface area contributed by atoms with E-state index in [0.29, 0.717) is 22.5 Å². The maximum atomic E-state index is 13.8. The molecule has 3 atom stereocenters. The van der Waals surface area contributed by atoms with Gasteiger partial charge in [-0.15, -0.1) is 5.10 Å². The van der Waals surface area contributed by atoms with Gasteiger partial charge in [-0.3, -0.25) is 14.3 Å². The molecular weight excluding hydrogens is 534 g/mol. The summed E-state index contributed by atoms with van der Waals surface area (Å²) in [6, 6.07) is 12.5. The average molecular weight is 566 g/mol. The number of anilines is 1. The molecule has 1 saturated heterocycles. The van der Waals surface area contributed by atoms with E-state index in [1.165, 1.54) is 40.9 Å². The van der Waals surface area contributed by atoms with Crippen molar-refractivity contribution in [2.24, 2.45) is 5.41 Å². The number of likely N-dealkylation sites (tertiary alicyclic amines) is 1. The molecule has 2 aromatic carbocycles. The third-order valence-corrected chi connectivity index (χ3v) is 8.04. The van der Waals surface area contributed by atoms with Crippen LogP contribution in [0.5, 0.6) is 0 Å². The number of carbonyl (C=O) groups is 2. The van der Waals surface area contributed by atoms with Gasteiger partial charge in [0.15, 0.2) is 0 Å². The van der Waals surface area contributed by atoms with Gasteiger partial charge in [-0.2, -0.15) is 5.26 Å². The van der Waals surface area contributed by atoms with Crippen LogP contribution in [0, 0.1) is 16.7 Å². The van der Waals surface area contributed by atoms with E-state index in [1.54, 1.807) is 30.5 Å². The topological polar surface area (TPSA) is 170 Å². The molecule has 1 fully saturated rings. The molecule has 3 aromatic rings. The number of nitrogens with one attached hydrogen (secondary N) is 2. The minimum atomic E-state index is -3.91. The number of likely N-dealkylation sites (N-methyl/N-ethyl adjacent to an activating group) is 1. The largest absolute Gasteiger partial charge is 0.391 e. The Morgan fingerprint density at radius 1 is 1.18 bits per heavy atom. The Kier molecular flexibility index (Phi) is 7.95. The summed E-state index contributed by atoms with van der Waals surface area (Å²) in [4.78, 5) is 27.6. The highest BCUT2D eigenvalue weighted by Gasteiger charge is 2.45. The summed E-state index contributed by atoms with van der Waals surface area (Å²) in [5.74, 6) is -0.713. The Morgan fingerprint density at radius 2 is 1.88 bits per heavy atom. The van der Waals surface area contributed by atoms with Gasteiger partial charge in [0.05, 0.1) is 28.8 Å². The van der Waals surface area contributed by atoms with E-state index < -0.39 is 33.6 Å². The first-order chi connectivity index (χ1) is 18.8. The van der Waals surface area contributed by atoms with Gasteiger partial charge in [0, 0.05) is 31.3 Å². The number of β-amino-alcohol motifs (C(OH)–C–C–N with tert-alkyl or cyclic N) is 1. The zero-order chi connectivity index (χ0) is 29.2. The summed E-state index contributed by atoms with van der Waals surface area (Å²) >= 11 is 0. The van der Waals surface area contributed by atoms with Gasteiger partial charge in [-0.25, -0.2) is 13.1 Å². The molecule has 0 aliphatic carbocycles. The SMILES string of the molecule is CNC(=O)[C@@H]1C[C@@H](O)CN1C(=O)[C@@H](n1cc(-c2cccc(NS(=O)(=O)c3ccc(C#N)cc3)c2)nn1)C(C)(C)C. The molecule has 0 bridgehead atoms. The summed E-state index contributed by atoms with van der Waals surface area (Å²) in [5.41, 5.74) is 0.985. The number of aliphatic hydroxyl groups is 1. The molecule has 0 unspecified atom stereocenters. The molecule has 1 aliphatic heterocycles. The minimum Gasteiger partial charge on any atom is -0.391 e. The lowest BCUT2D eigenvalue weighted by atomic mass is 9.85. The van der Waals surface area contributed by atoms with Crippen LogP contribution in [0.3, 0.4) is 0 Å². The summed E-state index contributed by atoms with van der Waals surface area (Å²) in [6.45, 7) is 5.65.